The number of carbonyl (C=O) groups is 1. The Hall–Kier alpha value is -2.93. The van der Waals surface area contributed by atoms with Crippen molar-refractivity contribution in [3.8, 4) is 5.82 Å². The van der Waals surface area contributed by atoms with Crippen molar-refractivity contribution in [3.05, 3.63) is 64.2 Å². The number of nitrogens with one attached hydrogen (secondary N) is 2. The highest BCUT2D eigenvalue weighted by Crippen LogP contribution is 2.14. The summed E-state index contributed by atoms with van der Waals surface area (Å²) in [5.41, 5.74) is 2.47. The number of amides is 1. The van der Waals surface area contributed by atoms with E-state index in [-0.39, 0.29) is 5.91 Å². The number of hydrogen-bond donors (Lipinski definition) is 2. The third kappa shape index (κ3) is 4.83. The van der Waals surface area contributed by atoms with Gasteiger partial charge in [0.15, 0.2) is 5.82 Å². The second-order valence-corrected chi connectivity index (χ2v) is 6.63. The number of halogens is 1. The molecular formula is C19H21ClN6O. The van der Waals surface area contributed by atoms with Crippen LogP contribution >= 0.6 is 11.6 Å². The number of carbonyl (C=O) groups excluding carboxylic acids is 1. The number of nitrogens with zero attached hydrogens (tertiary/aromatic N) is 4. The van der Waals surface area contributed by atoms with Crippen LogP contribution in [0.3, 0.4) is 0 Å². The minimum Gasteiger partial charge on any atom is -0.368 e. The average Bonchev–Trinajstić information content (AvgIpc) is 2.96. The van der Waals surface area contributed by atoms with Crippen LogP contribution in [0.4, 0.5) is 5.82 Å². The Morgan fingerprint density at radius 1 is 1.11 bits per heavy atom. The number of benzene rings is 1. The van der Waals surface area contributed by atoms with Gasteiger partial charge in [-0.1, -0.05) is 17.7 Å². The number of hydrogen-bond acceptors (Lipinski definition) is 5. The lowest BCUT2D eigenvalue weighted by molar-refractivity contribution is 0.0955. The predicted molar refractivity (Wildman–Crippen MR) is 106 cm³/mol. The number of aromatic nitrogens is 4. The Balaban J connectivity index is 1.60. The summed E-state index contributed by atoms with van der Waals surface area (Å²) in [6.07, 6.45) is 0. The van der Waals surface area contributed by atoms with Crippen molar-refractivity contribution in [3.63, 3.8) is 0 Å². The Bertz CT molecular complexity index is 969. The first-order valence-electron chi connectivity index (χ1n) is 8.59. The highest BCUT2D eigenvalue weighted by atomic mass is 35.5. The lowest BCUT2D eigenvalue weighted by atomic mass is 10.2. The molecule has 0 fully saturated rings. The van der Waals surface area contributed by atoms with E-state index in [1.54, 1.807) is 28.9 Å². The topological polar surface area (TPSA) is 84.7 Å². The van der Waals surface area contributed by atoms with E-state index in [9.17, 15) is 4.79 Å². The van der Waals surface area contributed by atoms with Crippen molar-refractivity contribution >= 4 is 23.3 Å². The minimum atomic E-state index is -0.165. The van der Waals surface area contributed by atoms with Gasteiger partial charge in [0.2, 0.25) is 0 Å². The Morgan fingerprint density at radius 2 is 1.93 bits per heavy atom. The van der Waals surface area contributed by atoms with Crippen LogP contribution < -0.4 is 10.6 Å². The Morgan fingerprint density at radius 3 is 2.63 bits per heavy atom. The lowest BCUT2D eigenvalue weighted by Crippen LogP contribution is -2.29. The van der Waals surface area contributed by atoms with Crippen molar-refractivity contribution in [2.45, 2.75) is 20.8 Å². The van der Waals surface area contributed by atoms with E-state index < -0.39 is 0 Å². The molecule has 8 heteroatoms. The van der Waals surface area contributed by atoms with E-state index in [0.29, 0.717) is 41.1 Å². The average molecular weight is 385 g/mol. The van der Waals surface area contributed by atoms with E-state index in [1.807, 2.05) is 32.9 Å². The molecule has 2 aromatic heterocycles. The Kier molecular flexibility index (Phi) is 5.71. The van der Waals surface area contributed by atoms with Gasteiger partial charge in [-0.3, -0.25) is 4.79 Å². The molecule has 0 atom stereocenters. The first-order chi connectivity index (χ1) is 12.9. The number of aryl methyl sites for hydroxylation is 3. The van der Waals surface area contributed by atoms with E-state index in [1.165, 1.54) is 0 Å². The summed E-state index contributed by atoms with van der Waals surface area (Å²) in [7, 11) is 0. The second kappa shape index (κ2) is 8.18. The van der Waals surface area contributed by atoms with Crippen molar-refractivity contribution < 1.29 is 4.79 Å². The van der Waals surface area contributed by atoms with Crippen molar-refractivity contribution in [1.29, 1.82) is 0 Å². The highest BCUT2D eigenvalue weighted by molar-refractivity contribution is 6.30. The molecule has 2 heterocycles. The third-order valence-corrected chi connectivity index (χ3v) is 4.09. The molecule has 140 valence electrons. The smallest absolute Gasteiger partial charge is 0.251 e. The highest BCUT2D eigenvalue weighted by Gasteiger charge is 2.09. The van der Waals surface area contributed by atoms with Crippen molar-refractivity contribution in [1.82, 2.24) is 25.1 Å². The number of anilines is 1. The Labute approximate surface area is 162 Å². The molecular weight excluding hydrogens is 364 g/mol. The SMILES string of the molecule is Cc1cc(C)n(-c2cc(NCCNC(=O)c3cccc(Cl)c3)nc(C)n2)n1. The largest absolute Gasteiger partial charge is 0.368 e. The molecule has 0 saturated carbocycles. The predicted octanol–water partition coefficient (Wildman–Crippen LogP) is 3.08. The molecule has 0 aliphatic heterocycles. The standard InChI is InChI=1S/C19H21ClN6O/c1-12-9-13(2)26(25-12)18-11-17(23-14(3)24-18)21-7-8-22-19(27)15-5-4-6-16(20)10-15/h4-6,9-11H,7-8H2,1-3H3,(H,22,27)(H,21,23,24). The molecule has 1 amide bonds. The van der Waals surface area contributed by atoms with Crippen LogP contribution in [0.2, 0.25) is 5.02 Å². The zero-order chi connectivity index (χ0) is 19.4. The van der Waals surface area contributed by atoms with Gasteiger partial charge in [0.1, 0.15) is 11.6 Å². The molecule has 3 rings (SSSR count). The maximum atomic E-state index is 12.1. The molecule has 7 nitrogen and oxygen atoms in total. The van der Waals surface area contributed by atoms with Gasteiger partial charge >= 0.3 is 0 Å². The summed E-state index contributed by atoms with van der Waals surface area (Å²) >= 11 is 5.91. The van der Waals surface area contributed by atoms with Crippen LogP contribution in [-0.2, 0) is 0 Å². The molecule has 0 aliphatic rings. The van der Waals surface area contributed by atoms with Crippen LogP contribution in [0.15, 0.2) is 36.4 Å². The molecule has 27 heavy (non-hydrogen) atoms. The summed E-state index contributed by atoms with van der Waals surface area (Å²) in [4.78, 5) is 20.9. The summed E-state index contributed by atoms with van der Waals surface area (Å²) in [6.45, 7) is 6.74. The molecule has 0 saturated heterocycles. The first kappa shape index (κ1) is 18.8. The first-order valence-corrected chi connectivity index (χ1v) is 8.97. The van der Waals surface area contributed by atoms with E-state index >= 15 is 0 Å². The summed E-state index contributed by atoms with van der Waals surface area (Å²) in [5, 5.41) is 11.0. The molecule has 0 bridgehead atoms. The van der Waals surface area contributed by atoms with Gasteiger partial charge in [0, 0.05) is 35.4 Å². The van der Waals surface area contributed by atoms with Gasteiger partial charge in [-0.25, -0.2) is 14.6 Å². The van der Waals surface area contributed by atoms with Gasteiger partial charge in [-0.05, 0) is 45.0 Å². The third-order valence-electron chi connectivity index (χ3n) is 3.85. The maximum absolute atomic E-state index is 12.1. The zero-order valence-electron chi connectivity index (χ0n) is 15.5. The van der Waals surface area contributed by atoms with Crippen molar-refractivity contribution in [2.75, 3.05) is 18.4 Å². The van der Waals surface area contributed by atoms with E-state index in [0.717, 1.165) is 11.4 Å². The van der Waals surface area contributed by atoms with Gasteiger partial charge in [-0.2, -0.15) is 5.10 Å². The molecule has 1 aromatic carbocycles. The molecule has 0 spiro atoms. The van der Waals surface area contributed by atoms with Gasteiger partial charge in [-0.15, -0.1) is 0 Å². The molecule has 0 unspecified atom stereocenters. The quantitative estimate of drug-likeness (QED) is 0.638. The monoisotopic (exact) mass is 384 g/mol. The van der Waals surface area contributed by atoms with Gasteiger partial charge in [0.05, 0.1) is 5.69 Å². The summed E-state index contributed by atoms with van der Waals surface area (Å²) < 4.78 is 1.79. The van der Waals surface area contributed by atoms with Crippen LogP contribution in [0, 0.1) is 20.8 Å². The van der Waals surface area contributed by atoms with Crippen LogP contribution in [0.5, 0.6) is 0 Å². The fraction of sp³-hybridized carbons (Fsp3) is 0.263. The summed E-state index contributed by atoms with van der Waals surface area (Å²) in [6, 6.07) is 10.7. The number of rotatable bonds is 6. The molecule has 3 aromatic rings. The molecule has 0 radical (unpaired) electrons. The fourth-order valence-corrected chi connectivity index (χ4v) is 2.90. The molecule has 0 aliphatic carbocycles. The second-order valence-electron chi connectivity index (χ2n) is 6.19. The fourth-order valence-electron chi connectivity index (χ4n) is 2.71. The van der Waals surface area contributed by atoms with Crippen LogP contribution in [0.25, 0.3) is 5.82 Å². The van der Waals surface area contributed by atoms with Crippen molar-refractivity contribution in [2.24, 2.45) is 0 Å². The maximum Gasteiger partial charge on any atom is 0.251 e. The van der Waals surface area contributed by atoms with Gasteiger partial charge < -0.3 is 10.6 Å². The zero-order valence-corrected chi connectivity index (χ0v) is 16.2. The minimum absolute atomic E-state index is 0.165. The van der Waals surface area contributed by atoms with Crippen LogP contribution in [-0.4, -0.2) is 38.7 Å². The lowest BCUT2D eigenvalue weighted by Gasteiger charge is -2.10. The van der Waals surface area contributed by atoms with Crippen LogP contribution in [0.1, 0.15) is 27.6 Å². The normalized spacial score (nSPS) is 10.7. The van der Waals surface area contributed by atoms with E-state index in [2.05, 4.69) is 25.7 Å². The summed E-state index contributed by atoms with van der Waals surface area (Å²) in [5.74, 6) is 1.87. The van der Waals surface area contributed by atoms with E-state index in [4.69, 9.17) is 11.6 Å². The molecule has 2 N–H and O–H groups in total. The van der Waals surface area contributed by atoms with Gasteiger partial charge in [0.25, 0.3) is 5.91 Å².